The molecule has 0 bridgehead atoms. The van der Waals surface area contributed by atoms with Crippen LogP contribution in [0, 0.1) is 6.92 Å². The summed E-state index contributed by atoms with van der Waals surface area (Å²) < 4.78 is 5.31. The van der Waals surface area contributed by atoms with E-state index in [9.17, 15) is 0 Å². The maximum absolute atomic E-state index is 5.31. The van der Waals surface area contributed by atoms with Gasteiger partial charge in [0.05, 0.1) is 12.5 Å². The number of hydrogen-bond acceptors (Lipinski definition) is 3. The second-order valence-electron chi connectivity index (χ2n) is 4.09. The van der Waals surface area contributed by atoms with Crippen molar-refractivity contribution in [1.82, 2.24) is 15.5 Å². The molecule has 0 aliphatic rings. The van der Waals surface area contributed by atoms with E-state index in [1.165, 1.54) is 5.56 Å². The molecule has 0 saturated heterocycles. The van der Waals surface area contributed by atoms with Crippen LogP contribution < -0.4 is 5.32 Å². The van der Waals surface area contributed by atoms with E-state index in [0.29, 0.717) is 6.04 Å². The second-order valence-corrected chi connectivity index (χ2v) is 4.09. The average molecular weight is 219 g/mol. The molecule has 0 fully saturated rings. The quantitative estimate of drug-likeness (QED) is 0.809. The highest BCUT2D eigenvalue weighted by Crippen LogP contribution is 2.06. The summed E-state index contributed by atoms with van der Waals surface area (Å²) in [7, 11) is 0. The fraction of sp³-hybridized carbons (Fsp3) is 0.417. The van der Waals surface area contributed by atoms with Gasteiger partial charge in [-0.25, -0.2) is 0 Å². The van der Waals surface area contributed by atoms with Crippen LogP contribution in [0.15, 0.2) is 29.0 Å². The molecular formula is C12H17N3O. The number of aryl methyl sites for hydroxylation is 1. The van der Waals surface area contributed by atoms with Crippen LogP contribution in [-0.4, -0.2) is 16.2 Å². The lowest BCUT2D eigenvalue weighted by Gasteiger charge is -2.11. The number of furan rings is 1. The SMILES string of the molecule is Cc1[nH]ncc1CN[C@H](C)Cc1ccco1. The van der Waals surface area contributed by atoms with Gasteiger partial charge in [0.1, 0.15) is 5.76 Å². The molecule has 2 N–H and O–H groups in total. The summed E-state index contributed by atoms with van der Waals surface area (Å²) in [5.74, 6) is 1.02. The fourth-order valence-electron chi connectivity index (χ4n) is 1.64. The van der Waals surface area contributed by atoms with Gasteiger partial charge < -0.3 is 9.73 Å². The molecule has 4 heteroatoms. The van der Waals surface area contributed by atoms with Crippen molar-refractivity contribution in [3.8, 4) is 0 Å². The summed E-state index contributed by atoms with van der Waals surface area (Å²) >= 11 is 0. The first-order chi connectivity index (χ1) is 7.75. The van der Waals surface area contributed by atoms with Gasteiger partial charge in [-0.15, -0.1) is 0 Å². The predicted octanol–water partition coefficient (Wildman–Crippen LogP) is 2.03. The van der Waals surface area contributed by atoms with Crippen molar-refractivity contribution in [3.63, 3.8) is 0 Å². The first-order valence-corrected chi connectivity index (χ1v) is 5.50. The van der Waals surface area contributed by atoms with Gasteiger partial charge in [0.15, 0.2) is 0 Å². The van der Waals surface area contributed by atoms with Gasteiger partial charge in [-0.2, -0.15) is 5.10 Å². The molecule has 2 aromatic heterocycles. The molecule has 0 spiro atoms. The topological polar surface area (TPSA) is 53.9 Å². The van der Waals surface area contributed by atoms with Crippen LogP contribution in [0.25, 0.3) is 0 Å². The lowest BCUT2D eigenvalue weighted by atomic mass is 10.2. The largest absolute Gasteiger partial charge is 0.469 e. The smallest absolute Gasteiger partial charge is 0.105 e. The highest BCUT2D eigenvalue weighted by molar-refractivity contribution is 5.14. The number of aromatic amines is 1. The Morgan fingerprint density at radius 1 is 1.56 bits per heavy atom. The molecule has 0 aliphatic heterocycles. The highest BCUT2D eigenvalue weighted by atomic mass is 16.3. The first kappa shape index (κ1) is 11.0. The monoisotopic (exact) mass is 219 g/mol. The Balaban J connectivity index is 1.80. The number of H-pyrrole nitrogens is 1. The van der Waals surface area contributed by atoms with Crippen molar-refractivity contribution in [2.75, 3.05) is 0 Å². The van der Waals surface area contributed by atoms with E-state index in [2.05, 4.69) is 22.4 Å². The van der Waals surface area contributed by atoms with Crippen molar-refractivity contribution >= 4 is 0 Å². The molecular weight excluding hydrogens is 202 g/mol. The lowest BCUT2D eigenvalue weighted by molar-refractivity contribution is 0.456. The zero-order chi connectivity index (χ0) is 11.4. The Kier molecular flexibility index (Phi) is 3.41. The molecule has 0 aromatic carbocycles. The van der Waals surface area contributed by atoms with Crippen LogP contribution >= 0.6 is 0 Å². The summed E-state index contributed by atoms with van der Waals surface area (Å²) in [5.41, 5.74) is 2.34. The number of nitrogens with one attached hydrogen (secondary N) is 2. The van der Waals surface area contributed by atoms with E-state index in [1.54, 1.807) is 6.26 Å². The number of hydrogen-bond donors (Lipinski definition) is 2. The van der Waals surface area contributed by atoms with Crippen molar-refractivity contribution in [2.24, 2.45) is 0 Å². The average Bonchev–Trinajstić information content (AvgIpc) is 2.87. The third-order valence-electron chi connectivity index (χ3n) is 2.66. The van der Waals surface area contributed by atoms with Gasteiger partial charge >= 0.3 is 0 Å². The molecule has 16 heavy (non-hydrogen) atoms. The zero-order valence-corrected chi connectivity index (χ0v) is 9.66. The minimum absolute atomic E-state index is 0.389. The van der Waals surface area contributed by atoms with Gasteiger partial charge in [-0.1, -0.05) is 0 Å². The maximum Gasteiger partial charge on any atom is 0.105 e. The van der Waals surface area contributed by atoms with Crippen LogP contribution in [0.2, 0.25) is 0 Å². The minimum Gasteiger partial charge on any atom is -0.469 e. The molecule has 86 valence electrons. The Morgan fingerprint density at radius 2 is 2.44 bits per heavy atom. The van der Waals surface area contributed by atoms with E-state index in [-0.39, 0.29) is 0 Å². The van der Waals surface area contributed by atoms with Crippen LogP contribution in [-0.2, 0) is 13.0 Å². The molecule has 2 rings (SSSR count). The van der Waals surface area contributed by atoms with Gasteiger partial charge in [0.2, 0.25) is 0 Å². The van der Waals surface area contributed by atoms with Crippen molar-refractivity contribution in [1.29, 1.82) is 0 Å². The Labute approximate surface area is 95.1 Å². The Bertz CT molecular complexity index is 419. The van der Waals surface area contributed by atoms with Gasteiger partial charge in [-0.05, 0) is 26.0 Å². The third kappa shape index (κ3) is 2.73. The third-order valence-corrected chi connectivity index (χ3v) is 2.66. The molecule has 0 amide bonds. The van der Waals surface area contributed by atoms with E-state index in [0.717, 1.165) is 24.4 Å². The Morgan fingerprint density at radius 3 is 3.06 bits per heavy atom. The number of rotatable bonds is 5. The summed E-state index contributed by atoms with van der Waals surface area (Å²) in [5, 5.41) is 10.4. The summed E-state index contributed by atoms with van der Waals surface area (Å²) in [6.45, 7) is 5.02. The van der Waals surface area contributed by atoms with Crippen molar-refractivity contribution in [2.45, 2.75) is 32.9 Å². The van der Waals surface area contributed by atoms with Gasteiger partial charge in [0.25, 0.3) is 0 Å². The molecule has 2 heterocycles. The van der Waals surface area contributed by atoms with E-state index < -0.39 is 0 Å². The Hall–Kier alpha value is -1.55. The molecule has 0 saturated carbocycles. The minimum atomic E-state index is 0.389. The molecule has 2 aromatic rings. The molecule has 0 aliphatic carbocycles. The maximum atomic E-state index is 5.31. The number of aromatic nitrogens is 2. The van der Waals surface area contributed by atoms with E-state index in [1.807, 2.05) is 25.3 Å². The molecule has 0 radical (unpaired) electrons. The summed E-state index contributed by atoms with van der Waals surface area (Å²) in [6, 6.07) is 4.31. The van der Waals surface area contributed by atoms with E-state index in [4.69, 9.17) is 4.42 Å². The lowest BCUT2D eigenvalue weighted by Crippen LogP contribution is -2.27. The highest BCUT2D eigenvalue weighted by Gasteiger charge is 2.06. The van der Waals surface area contributed by atoms with Crippen LogP contribution in [0.3, 0.4) is 0 Å². The van der Waals surface area contributed by atoms with Crippen molar-refractivity contribution in [3.05, 3.63) is 41.6 Å². The number of nitrogens with zero attached hydrogens (tertiary/aromatic N) is 1. The molecule has 1 atom stereocenters. The molecule has 0 unspecified atom stereocenters. The van der Waals surface area contributed by atoms with E-state index >= 15 is 0 Å². The standard InChI is InChI=1S/C12H17N3O/c1-9(6-12-4-3-5-16-12)13-7-11-8-14-15-10(11)2/h3-5,8-9,13H,6-7H2,1-2H3,(H,14,15)/t9-/m1/s1. The van der Waals surface area contributed by atoms with Crippen LogP contribution in [0.5, 0.6) is 0 Å². The fourth-order valence-corrected chi connectivity index (χ4v) is 1.64. The summed E-state index contributed by atoms with van der Waals surface area (Å²) in [4.78, 5) is 0. The van der Waals surface area contributed by atoms with Gasteiger partial charge in [0, 0.05) is 30.3 Å². The van der Waals surface area contributed by atoms with Gasteiger partial charge in [-0.3, -0.25) is 5.10 Å². The summed E-state index contributed by atoms with van der Waals surface area (Å²) in [6.07, 6.45) is 4.48. The normalized spacial score (nSPS) is 12.9. The molecule has 4 nitrogen and oxygen atoms in total. The van der Waals surface area contributed by atoms with Crippen molar-refractivity contribution < 1.29 is 4.42 Å². The second kappa shape index (κ2) is 4.99. The first-order valence-electron chi connectivity index (χ1n) is 5.50. The van der Waals surface area contributed by atoms with Crippen LogP contribution in [0.1, 0.15) is 23.9 Å². The zero-order valence-electron chi connectivity index (χ0n) is 9.66. The van der Waals surface area contributed by atoms with Crippen LogP contribution in [0.4, 0.5) is 0 Å². The predicted molar refractivity (Wildman–Crippen MR) is 62.0 cm³/mol.